The summed E-state index contributed by atoms with van der Waals surface area (Å²) in [6.07, 6.45) is 0. The van der Waals surface area contributed by atoms with E-state index in [1.165, 1.54) is 12.1 Å². The van der Waals surface area contributed by atoms with Gasteiger partial charge in [-0.2, -0.15) is 5.48 Å². The highest BCUT2D eigenvalue weighted by molar-refractivity contribution is 9.10. The standard InChI is InChI=1S/C11H15BrN2O3/c1-11(2,3)17-13-7-8-4-5-9(14(15)16)6-10(8)12/h4-6,13H,7H2,1-3H3. The highest BCUT2D eigenvalue weighted by Gasteiger charge is 2.12. The third-order valence-corrected chi connectivity index (χ3v) is 2.63. The van der Waals surface area contributed by atoms with Crippen molar-refractivity contribution in [1.82, 2.24) is 5.48 Å². The topological polar surface area (TPSA) is 64.4 Å². The monoisotopic (exact) mass is 302 g/mol. The summed E-state index contributed by atoms with van der Waals surface area (Å²) in [5.41, 5.74) is 3.53. The molecule has 0 fully saturated rings. The molecular formula is C11H15BrN2O3. The molecule has 0 aliphatic carbocycles. The maximum absolute atomic E-state index is 10.6. The van der Waals surface area contributed by atoms with Crippen molar-refractivity contribution in [2.45, 2.75) is 32.9 Å². The molecule has 1 aromatic rings. The summed E-state index contributed by atoms with van der Waals surface area (Å²) in [6.45, 7) is 6.29. The number of nitrogens with zero attached hydrogens (tertiary/aromatic N) is 1. The molecule has 0 heterocycles. The van der Waals surface area contributed by atoms with E-state index >= 15 is 0 Å². The molecular weight excluding hydrogens is 288 g/mol. The van der Waals surface area contributed by atoms with E-state index in [9.17, 15) is 10.1 Å². The second kappa shape index (κ2) is 5.57. The average Bonchev–Trinajstić information content (AvgIpc) is 2.18. The Bertz CT molecular complexity index is 416. The lowest BCUT2D eigenvalue weighted by atomic mass is 10.2. The number of hydrogen-bond acceptors (Lipinski definition) is 4. The zero-order valence-electron chi connectivity index (χ0n) is 9.99. The number of hydrogen-bond donors (Lipinski definition) is 1. The first kappa shape index (κ1) is 14.1. The minimum atomic E-state index is -0.423. The summed E-state index contributed by atoms with van der Waals surface area (Å²) in [5.74, 6) is 0. The highest BCUT2D eigenvalue weighted by Crippen LogP contribution is 2.23. The molecule has 5 nitrogen and oxygen atoms in total. The van der Waals surface area contributed by atoms with Crippen molar-refractivity contribution in [3.05, 3.63) is 38.3 Å². The minimum Gasteiger partial charge on any atom is -0.296 e. The van der Waals surface area contributed by atoms with Crippen LogP contribution in [0.1, 0.15) is 26.3 Å². The summed E-state index contributed by atoms with van der Waals surface area (Å²) < 4.78 is 0.691. The molecule has 0 amide bonds. The van der Waals surface area contributed by atoms with Crippen LogP contribution in [0.3, 0.4) is 0 Å². The number of hydroxylamine groups is 1. The van der Waals surface area contributed by atoms with Gasteiger partial charge in [-0.3, -0.25) is 15.0 Å². The number of non-ortho nitro benzene ring substituents is 1. The minimum absolute atomic E-state index is 0.0670. The van der Waals surface area contributed by atoms with E-state index in [0.717, 1.165) is 5.56 Å². The Morgan fingerprint density at radius 1 is 1.47 bits per heavy atom. The van der Waals surface area contributed by atoms with Crippen molar-refractivity contribution < 1.29 is 9.76 Å². The number of benzene rings is 1. The number of nitro groups is 1. The first-order valence-corrected chi connectivity index (χ1v) is 5.92. The van der Waals surface area contributed by atoms with Gasteiger partial charge in [-0.25, -0.2) is 0 Å². The van der Waals surface area contributed by atoms with Crippen LogP contribution >= 0.6 is 15.9 Å². The van der Waals surface area contributed by atoms with Gasteiger partial charge in [0.2, 0.25) is 0 Å². The van der Waals surface area contributed by atoms with E-state index in [2.05, 4.69) is 21.4 Å². The highest BCUT2D eigenvalue weighted by atomic mass is 79.9. The second-order valence-electron chi connectivity index (χ2n) is 4.57. The molecule has 0 aliphatic heterocycles. The van der Waals surface area contributed by atoms with E-state index in [-0.39, 0.29) is 11.3 Å². The molecule has 0 saturated heterocycles. The Morgan fingerprint density at radius 3 is 2.59 bits per heavy atom. The van der Waals surface area contributed by atoms with Gasteiger partial charge >= 0.3 is 0 Å². The number of halogens is 1. The fourth-order valence-corrected chi connectivity index (χ4v) is 1.63. The van der Waals surface area contributed by atoms with Gasteiger partial charge in [-0.15, -0.1) is 0 Å². The van der Waals surface area contributed by atoms with Gasteiger partial charge in [0.1, 0.15) is 0 Å². The summed E-state index contributed by atoms with van der Waals surface area (Å²) >= 11 is 3.30. The van der Waals surface area contributed by atoms with Crippen molar-refractivity contribution in [1.29, 1.82) is 0 Å². The van der Waals surface area contributed by atoms with E-state index in [1.54, 1.807) is 6.07 Å². The van der Waals surface area contributed by atoms with E-state index in [1.807, 2.05) is 20.8 Å². The largest absolute Gasteiger partial charge is 0.296 e. The third-order valence-electron chi connectivity index (χ3n) is 1.89. The van der Waals surface area contributed by atoms with Crippen LogP contribution in [0.5, 0.6) is 0 Å². The first-order valence-electron chi connectivity index (χ1n) is 5.13. The molecule has 0 unspecified atom stereocenters. The van der Waals surface area contributed by atoms with Crippen LogP contribution < -0.4 is 5.48 Å². The zero-order valence-corrected chi connectivity index (χ0v) is 11.6. The van der Waals surface area contributed by atoms with Crippen molar-refractivity contribution in [2.75, 3.05) is 0 Å². The van der Waals surface area contributed by atoms with Crippen LogP contribution in [0.2, 0.25) is 0 Å². The molecule has 0 spiro atoms. The normalized spacial score (nSPS) is 11.5. The van der Waals surface area contributed by atoms with Crippen molar-refractivity contribution in [3.8, 4) is 0 Å². The fourth-order valence-electron chi connectivity index (χ4n) is 1.12. The van der Waals surface area contributed by atoms with Gasteiger partial charge in [0.15, 0.2) is 0 Å². The predicted molar refractivity (Wildman–Crippen MR) is 68.5 cm³/mol. The summed E-state index contributed by atoms with van der Waals surface area (Å²) in [4.78, 5) is 15.5. The van der Waals surface area contributed by atoms with E-state index < -0.39 is 4.92 Å². The summed E-state index contributed by atoms with van der Waals surface area (Å²) in [5, 5.41) is 10.6. The van der Waals surface area contributed by atoms with Crippen LogP contribution in [0, 0.1) is 10.1 Å². The van der Waals surface area contributed by atoms with Crippen molar-refractivity contribution in [3.63, 3.8) is 0 Å². The maximum Gasteiger partial charge on any atom is 0.270 e. The molecule has 94 valence electrons. The fraction of sp³-hybridized carbons (Fsp3) is 0.455. The van der Waals surface area contributed by atoms with Crippen LogP contribution in [0.4, 0.5) is 5.69 Å². The van der Waals surface area contributed by atoms with Crippen LogP contribution in [-0.4, -0.2) is 10.5 Å². The van der Waals surface area contributed by atoms with E-state index in [0.29, 0.717) is 11.0 Å². The van der Waals surface area contributed by atoms with Gasteiger partial charge < -0.3 is 0 Å². The molecule has 0 bridgehead atoms. The van der Waals surface area contributed by atoms with Gasteiger partial charge in [0, 0.05) is 23.2 Å². The summed E-state index contributed by atoms with van der Waals surface area (Å²) in [7, 11) is 0. The summed E-state index contributed by atoms with van der Waals surface area (Å²) in [6, 6.07) is 4.65. The van der Waals surface area contributed by atoms with Crippen molar-refractivity contribution in [2.24, 2.45) is 0 Å². The Morgan fingerprint density at radius 2 is 2.12 bits per heavy atom. The van der Waals surface area contributed by atoms with Crippen LogP contribution in [0.15, 0.2) is 22.7 Å². The Hall–Kier alpha value is -0.980. The molecule has 1 rings (SSSR count). The quantitative estimate of drug-likeness (QED) is 0.685. The average molecular weight is 303 g/mol. The van der Waals surface area contributed by atoms with Crippen molar-refractivity contribution >= 4 is 21.6 Å². The first-order chi connectivity index (χ1) is 7.79. The molecule has 17 heavy (non-hydrogen) atoms. The molecule has 0 saturated carbocycles. The smallest absolute Gasteiger partial charge is 0.270 e. The molecule has 1 N–H and O–H groups in total. The predicted octanol–water partition coefficient (Wildman–Crippen LogP) is 3.18. The SMILES string of the molecule is CC(C)(C)ONCc1ccc([N+](=O)[O-])cc1Br. The number of nitro benzene ring substituents is 1. The van der Waals surface area contributed by atoms with Gasteiger partial charge in [-0.1, -0.05) is 15.9 Å². The lowest BCUT2D eigenvalue weighted by Gasteiger charge is -2.19. The zero-order chi connectivity index (χ0) is 13.1. The second-order valence-corrected chi connectivity index (χ2v) is 5.42. The maximum atomic E-state index is 10.6. The molecule has 1 aromatic carbocycles. The molecule has 0 radical (unpaired) electrons. The number of rotatable bonds is 4. The van der Waals surface area contributed by atoms with Gasteiger partial charge in [-0.05, 0) is 32.4 Å². The molecule has 0 aromatic heterocycles. The Balaban J connectivity index is 2.64. The van der Waals surface area contributed by atoms with Gasteiger partial charge in [0.25, 0.3) is 5.69 Å². The van der Waals surface area contributed by atoms with E-state index in [4.69, 9.17) is 4.84 Å². The van der Waals surface area contributed by atoms with Crippen LogP contribution in [0.25, 0.3) is 0 Å². The Labute approximate surface area is 108 Å². The lowest BCUT2D eigenvalue weighted by Crippen LogP contribution is -2.28. The Kier molecular flexibility index (Phi) is 4.62. The number of nitrogens with one attached hydrogen (secondary N) is 1. The third kappa shape index (κ3) is 4.80. The molecule has 0 atom stereocenters. The molecule has 6 heteroatoms. The van der Waals surface area contributed by atoms with Gasteiger partial charge in [0.05, 0.1) is 10.5 Å². The van der Waals surface area contributed by atoms with Crippen LogP contribution in [-0.2, 0) is 11.4 Å². The molecule has 0 aliphatic rings. The lowest BCUT2D eigenvalue weighted by molar-refractivity contribution is -0.384.